The summed E-state index contributed by atoms with van der Waals surface area (Å²) in [7, 11) is 1.93. The van der Waals surface area contributed by atoms with Crippen LogP contribution in [0.3, 0.4) is 0 Å². The Morgan fingerprint density at radius 2 is 2.11 bits per heavy atom. The third-order valence-corrected chi connectivity index (χ3v) is 3.94. The second-order valence-electron chi connectivity index (χ2n) is 5.82. The topological polar surface area (TPSA) is 77.0 Å². The van der Waals surface area contributed by atoms with Gasteiger partial charge in [0.25, 0.3) is 0 Å². The first-order valence-electron chi connectivity index (χ1n) is 6.36. The molecule has 5 heteroatoms. The van der Waals surface area contributed by atoms with Gasteiger partial charge in [-0.25, -0.2) is 0 Å². The summed E-state index contributed by atoms with van der Waals surface area (Å²) in [5, 5.41) is 18.4. The van der Waals surface area contributed by atoms with E-state index in [-0.39, 0.29) is 5.41 Å². The van der Waals surface area contributed by atoms with E-state index in [1.807, 2.05) is 42.8 Å². The summed E-state index contributed by atoms with van der Waals surface area (Å²) in [6.07, 6.45) is 2.96. The third kappa shape index (κ3) is 1.81. The first-order valence-corrected chi connectivity index (χ1v) is 6.36. The number of aromatic nitrogens is 3. The second-order valence-corrected chi connectivity index (χ2v) is 5.82. The highest BCUT2D eigenvalue weighted by Gasteiger charge is 2.55. The van der Waals surface area contributed by atoms with Gasteiger partial charge in [-0.05, 0) is 37.5 Å². The lowest BCUT2D eigenvalue weighted by Crippen LogP contribution is -2.54. The first kappa shape index (κ1) is 12.2. The maximum absolute atomic E-state index is 10.2. The Hall–Kier alpha value is -1.88. The van der Waals surface area contributed by atoms with E-state index in [1.165, 1.54) is 0 Å². The minimum absolute atomic E-state index is 0.288. The molecule has 3 N–H and O–H groups in total. The van der Waals surface area contributed by atoms with E-state index in [0.29, 0.717) is 12.8 Å². The Labute approximate surface area is 112 Å². The summed E-state index contributed by atoms with van der Waals surface area (Å²) < 4.78 is 1.92. The van der Waals surface area contributed by atoms with Crippen LogP contribution in [-0.2, 0) is 12.5 Å². The number of nitrogen functional groups attached to an aromatic ring is 1. The number of rotatable bonds is 2. The Kier molecular flexibility index (Phi) is 2.44. The number of hydrogen-bond acceptors (Lipinski definition) is 4. The molecule has 1 fully saturated rings. The van der Waals surface area contributed by atoms with Gasteiger partial charge >= 0.3 is 0 Å². The molecule has 0 unspecified atom stereocenters. The summed E-state index contributed by atoms with van der Waals surface area (Å²) in [6, 6.07) is 7.81. The van der Waals surface area contributed by atoms with Crippen molar-refractivity contribution in [1.82, 2.24) is 14.8 Å². The summed E-state index contributed by atoms with van der Waals surface area (Å²) in [5.41, 5.74) is 6.76. The van der Waals surface area contributed by atoms with Crippen LogP contribution in [0.1, 0.15) is 31.2 Å². The maximum atomic E-state index is 10.2. The molecule has 0 bridgehead atoms. The SMILES string of the molecule is Cn1cnnc1C1(c2cccc(N)c2)CC(C)(O)C1. The van der Waals surface area contributed by atoms with Gasteiger partial charge in [-0.3, -0.25) is 0 Å². The van der Waals surface area contributed by atoms with Crippen LogP contribution in [0.2, 0.25) is 0 Å². The fraction of sp³-hybridized carbons (Fsp3) is 0.429. The third-order valence-electron chi connectivity index (χ3n) is 3.94. The summed E-state index contributed by atoms with van der Waals surface area (Å²) >= 11 is 0. The lowest BCUT2D eigenvalue weighted by molar-refractivity contribution is -0.0646. The Morgan fingerprint density at radius 3 is 2.63 bits per heavy atom. The van der Waals surface area contributed by atoms with Crippen LogP contribution in [0.4, 0.5) is 5.69 Å². The zero-order valence-corrected chi connectivity index (χ0v) is 11.2. The van der Waals surface area contributed by atoms with Crippen LogP contribution in [0.5, 0.6) is 0 Å². The Balaban J connectivity index is 2.12. The van der Waals surface area contributed by atoms with Gasteiger partial charge in [-0.1, -0.05) is 12.1 Å². The molecule has 1 aromatic heterocycles. The van der Waals surface area contributed by atoms with E-state index >= 15 is 0 Å². The van der Waals surface area contributed by atoms with Crippen molar-refractivity contribution in [3.8, 4) is 0 Å². The van der Waals surface area contributed by atoms with E-state index in [0.717, 1.165) is 17.1 Å². The fourth-order valence-corrected chi connectivity index (χ4v) is 3.29. The highest BCUT2D eigenvalue weighted by Crippen LogP contribution is 2.53. The van der Waals surface area contributed by atoms with Crippen LogP contribution in [-0.4, -0.2) is 25.5 Å². The molecule has 2 aromatic rings. The van der Waals surface area contributed by atoms with Crippen LogP contribution in [0, 0.1) is 0 Å². The molecule has 0 atom stereocenters. The minimum Gasteiger partial charge on any atom is -0.399 e. The fourth-order valence-electron chi connectivity index (χ4n) is 3.29. The van der Waals surface area contributed by atoms with Gasteiger partial charge in [0.2, 0.25) is 0 Å². The second kappa shape index (κ2) is 3.81. The highest BCUT2D eigenvalue weighted by molar-refractivity contribution is 5.48. The molecule has 5 nitrogen and oxygen atoms in total. The van der Waals surface area contributed by atoms with E-state index < -0.39 is 5.60 Å². The summed E-state index contributed by atoms with van der Waals surface area (Å²) in [6.45, 7) is 1.86. The lowest BCUT2D eigenvalue weighted by Gasteiger charge is -2.51. The molecule has 0 spiro atoms. The molecule has 0 radical (unpaired) electrons. The van der Waals surface area contributed by atoms with Crippen molar-refractivity contribution in [3.05, 3.63) is 42.0 Å². The number of anilines is 1. The predicted octanol–water partition coefficient (Wildman–Crippen LogP) is 1.23. The number of nitrogens with two attached hydrogens (primary N) is 1. The Bertz CT molecular complexity index is 609. The van der Waals surface area contributed by atoms with Crippen LogP contribution in [0.25, 0.3) is 0 Å². The van der Waals surface area contributed by atoms with Crippen molar-refractivity contribution in [2.75, 3.05) is 5.73 Å². The quantitative estimate of drug-likeness (QED) is 0.794. The average Bonchev–Trinajstić information content (AvgIpc) is 2.72. The first-order chi connectivity index (χ1) is 8.93. The summed E-state index contributed by atoms with van der Waals surface area (Å²) in [4.78, 5) is 0. The molecule has 100 valence electrons. The van der Waals surface area contributed by atoms with Gasteiger partial charge in [0.15, 0.2) is 0 Å². The van der Waals surface area contributed by atoms with Crippen molar-refractivity contribution in [2.45, 2.75) is 30.8 Å². The largest absolute Gasteiger partial charge is 0.399 e. The zero-order chi connectivity index (χ0) is 13.7. The van der Waals surface area contributed by atoms with Gasteiger partial charge in [0.05, 0.1) is 11.0 Å². The zero-order valence-electron chi connectivity index (χ0n) is 11.2. The lowest BCUT2D eigenvalue weighted by atomic mass is 9.56. The maximum Gasteiger partial charge on any atom is 0.143 e. The van der Waals surface area contributed by atoms with Gasteiger partial charge < -0.3 is 15.4 Å². The predicted molar refractivity (Wildman–Crippen MR) is 72.5 cm³/mol. The molecule has 0 saturated heterocycles. The van der Waals surface area contributed by atoms with Crippen LogP contribution >= 0.6 is 0 Å². The molecule has 1 aliphatic carbocycles. The van der Waals surface area contributed by atoms with E-state index in [1.54, 1.807) is 6.33 Å². The smallest absolute Gasteiger partial charge is 0.143 e. The summed E-state index contributed by atoms with van der Waals surface area (Å²) in [5.74, 6) is 0.879. The molecule has 1 aromatic carbocycles. The normalized spacial score (nSPS) is 30.1. The van der Waals surface area contributed by atoms with Gasteiger partial charge in [-0.2, -0.15) is 0 Å². The number of nitrogens with zero attached hydrogens (tertiary/aromatic N) is 3. The van der Waals surface area contributed by atoms with Crippen molar-refractivity contribution in [1.29, 1.82) is 0 Å². The molecule has 3 rings (SSSR count). The van der Waals surface area contributed by atoms with E-state index in [9.17, 15) is 5.11 Å². The van der Waals surface area contributed by atoms with Crippen LogP contribution in [0.15, 0.2) is 30.6 Å². The van der Waals surface area contributed by atoms with Crippen LogP contribution < -0.4 is 5.73 Å². The molecule has 0 amide bonds. The number of hydrogen-bond donors (Lipinski definition) is 2. The number of aliphatic hydroxyl groups is 1. The van der Waals surface area contributed by atoms with Gasteiger partial charge in [-0.15, -0.1) is 10.2 Å². The molecule has 19 heavy (non-hydrogen) atoms. The molecule has 1 aliphatic rings. The average molecular weight is 258 g/mol. The molecule has 1 saturated carbocycles. The Morgan fingerprint density at radius 1 is 1.37 bits per heavy atom. The van der Waals surface area contributed by atoms with E-state index in [2.05, 4.69) is 10.2 Å². The number of aryl methyl sites for hydroxylation is 1. The van der Waals surface area contributed by atoms with Crippen molar-refractivity contribution in [3.63, 3.8) is 0 Å². The monoisotopic (exact) mass is 258 g/mol. The molecular formula is C14H18N4O. The molecule has 0 aliphatic heterocycles. The van der Waals surface area contributed by atoms with Gasteiger partial charge in [0, 0.05) is 12.7 Å². The van der Waals surface area contributed by atoms with Crippen molar-refractivity contribution in [2.24, 2.45) is 7.05 Å². The van der Waals surface area contributed by atoms with Gasteiger partial charge in [0.1, 0.15) is 12.2 Å². The molecule has 1 heterocycles. The van der Waals surface area contributed by atoms with Crippen molar-refractivity contribution >= 4 is 5.69 Å². The molecular weight excluding hydrogens is 240 g/mol. The standard InChI is InChI=1S/C14H18N4O/c1-13(19)7-14(8-13,12-17-16-9-18(12)2)10-4-3-5-11(15)6-10/h3-6,9,19H,7-8,15H2,1-2H3. The highest BCUT2D eigenvalue weighted by atomic mass is 16.3. The minimum atomic E-state index is -0.656. The van der Waals surface area contributed by atoms with E-state index in [4.69, 9.17) is 5.73 Å². The number of benzene rings is 1. The van der Waals surface area contributed by atoms with Crippen molar-refractivity contribution < 1.29 is 5.11 Å².